The molecule has 0 aliphatic carbocycles. The number of fused-ring (bicyclic) bond motifs is 1. The smallest absolute Gasteiger partial charge is 0.335 e. The molecule has 3 heterocycles. The molecule has 0 amide bonds. The highest BCUT2D eigenvalue weighted by atomic mass is 32.1. The van der Waals surface area contributed by atoms with E-state index in [0.717, 1.165) is 22.8 Å². The van der Waals surface area contributed by atoms with Gasteiger partial charge in [-0.05, 0) is 19.9 Å². The molecule has 0 aliphatic rings. The van der Waals surface area contributed by atoms with E-state index in [4.69, 9.17) is 5.11 Å². The summed E-state index contributed by atoms with van der Waals surface area (Å²) in [6, 6.07) is 1.69. The number of aryl methyl sites for hydroxylation is 1. The third kappa shape index (κ3) is 2.35. The number of rotatable bonds is 4. The first-order valence-electron chi connectivity index (χ1n) is 6.97. The first-order valence-corrected chi connectivity index (χ1v) is 7.79. The minimum Gasteiger partial charge on any atom is -0.480 e. The molecule has 0 saturated heterocycles. The van der Waals surface area contributed by atoms with Crippen LogP contribution in [0.4, 0.5) is 4.39 Å². The average Bonchev–Trinajstić information content (AvgIpc) is 3.11. The fraction of sp³-hybridized carbons (Fsp3) is 0.286. The molecule has 0 aliphatic heterocycles. The van der Waals surface area contributed by atoms with Crippen molar-refractivity contribution in [1.29, 1.82) is 0 Å². The predicted molar refractivity (Wildman–Crippen MR) is 85.7 cm³/mol. The molecule has 3 aromatic heterocycles. The van der Waals surface area contributed by atoms with Crippen molar-refractivity contribution in [3.63, 3.8) is 0 Å². The minimum atomic E-state index is -1.72. The standard InChI is InChI=1S/C14H13FN4O4S/c1-7-10-11(22)17(6-9(20)21)14(23)19(8(2)15)13(10)24-12(7)18-5-3-4-16-18/h3-5,8H,6H2,1-2H3,(H,20,21). The van der Waals surface area contributed by atoms with Gasteiger partial charge in [0.15, 0.2) is 6.30 Å². The van der Waals surface area contributed by atoms with Crippen molar-refractivity contribution < 1.29 is 14.3 Å². The molecule has 0 aromatic carbocycles. The molecule has 1 atom stereocenters. The summed E-state index contributed by atoms with van der Waals surface area (Å²) in [4.78, 5) is 36.1. The van der Waals surface area contributed by atoms with Crippen LogP contribution < -0.4 is 11.2 Å². The van der Waals surface area contributed by atoms with E-state index in [0.29, 0.717) is 15.1 Å². The fourth-order valence-corrected chi connectivity index (χ4v) is 3.85. The van der Waals surface area contributed by atoms with Crippen LogP contribution in [0.2, 0.25) is 0 Å². The Balaban J connectivity index is 2.47. The lowest BCUT2D eigenvalue weighted by molar-refractivity contribution is -0.137. The second kappa shape index (κ2) is 5.71. The van der Waals surface area contributed by atoms with E-state index >= 15 is 0 Å². The maximum atomic E-state index is 14.0. The molecule has 0 fully saturated rings. The van der Waals surface area contributed by atoms with Crippen LogP contribution in [0, 0.1) is 6.92 Å². The lowest BCUT2D eigenvalue weighted by Gasteiger charge is -2.11. The third-order valence-corrected chi connectivity index (χ3v) is 4.86. The summed E-state index contributed by atoms with van der Waals surface area (Å²) in [7, 11) is 0. The Morgan fingerprint density at radius 1 is 1.46 bits per heavy atom. The highest BCUT2D eigenvalue weighted by molar-refractivity contribution is 7.21. The summed E-state index contributed by atoms with van der Waals surface area (Å²) in [5.74, 6) is -1.35. The van der Waals surface area contributed by atoms with Gasteiger partial charge in [0, 0.05) is 18.0 Å². The molecule has 126 valence electrons. The Labute approximate surface area is 138 Å². The fourth-order valence-electron chi connectivity index (χ4n) is 2.54. The van der Waals surface area contributed by atoms with Crippen molar-refractivity contribution in [3.05, 3.63) is 44.9 Å². The zero-order valence-electron chi connectivity index (χ0n) is 12.8. The summed E-state index contributed by atoms with van der Waals surface area (Å²) in [6.45, 7) is 1.98. The van der Waals surface area contributed by atoms with Gasteiger partial charge >= 0.3 is 11.7 Å². The first kappa shape index (κ1) is 16.1. The van der Waals surface area contributed by atoms with E-state index in [-0.39, 0.29) is 10.2 Å². The maximum absolute atomic E-state index is 14.0. The van der Waals surface area contributed by atoms with Gasteiger partial charge in [0.25, 0.3) is 5.56 Å². The summed E-state index contributed by atoms with van der Waals surface area (Å²) in [5.41, 5.74) is -1.23. The summed E-state index contributed by atoms with van der Waals surface area (Å²) in [6.07, 6.45) is 1.50. The van der Waals surface area contributed by atoms with Crippen molar-refractivity contribution in [3.8, 4) is 5.00 Å². The largest absolute Gasteiger partial charge is 0.480 e. The Hall–Kier alpha value is -2.75. The van der Waals surface area contributed by atoms with Gasteiger partial charge in [-0.1, -0.05) is 11.3 Å². The number of hydrogen-bond donors (Lipinski definition) is 1. The molecule has 3 aromatic rings. The van der Waals surface area contributed by atoms with Gasteiger partial charge in [-0.3, -0.25) is 14.2 Å². The lowest BCUT2D eigenvalue weighted by atomic mass is 10.2. The van der Waals surface area contributed by atoms with E-state index in [1.165, 1.54) is 4.68 Å². The number of carboxylic acid groups (broad SMARTS) is 1. The molecule has 1 unspecified atom stereocenters. The van der Waals surface area contributed by atoms with Gasteiger partial charge in [-0.2, -0.15) is 5.10 Å². The molecule has 8 nitrogen and oxygen atoms in total. The van der Waals surface area contributed by atoms with Gasteiger partial charge in [0.2, 0.25) is 0 Å². The number of thiophene rings is 1. The zero-order valence-corrected chi connectivity index (χ0v) is 13.6. The molecule has 3 rings (SSSR count). The number of hydrogen-bond acceptors (Lipinski definition) is 5. The Morgan fingerprint density at radius 2 is 2.17 bits per heavy atom. The van der Waals surface area contributed by atoms with Gasteiger partial charge < -0.3 is 5.11 Å². The van der Waals surface area contributed by atoms with Crippen LogP contribution >= 0.6 is 11.3 Å². The number of alkyl halides is 1. The second-order valence-electron chi connectivity index (χ2n) is 5.17. The monoisotopic (exact) mass is 352 g/mol. The lowest BCUT2D eigenvalue weighted by Crippen LogP contribution is -2.41. The Morgan fingerprint density at radius 3 is 2.71 bits per heavy atom. The summed E-state index contributed by atoms with van der Waals surface area (Å²) >= 11 is 1.06. The molecule has 0 radical (unpaired) electrons. The predicted octanol–water partition coefficient (Wildman–Crippen LogP) is 1.29. The highest BCUT2D eigenvalue weighted by Crippen LogP contribution is 2.31. The molecular weight excluding hydrogens is 339 g/mol. The molecule has 10 heteroatoms. The Kier molecular flexibility index (Phi) is 3.84. The van der Waals surface area contributed by atoms with E-state index in [1.54, 1.807) is 25.4 Å². The number of nitrogens with zero attached hydrogens (tertiary/aromatic N) is 4. The number of aromatic nitrogens is 4. The van der Waals surface area contributed by atoms with Crippen molar-refractivity contribution in [2.24, 2.45) is 0 Å². The highest BCUT2D eigenvalue weighted by Gasteiger charge is 2.23. The van der Waals surface area contributed by atoms with Crippen molar-refractivity contribution in [2.75, 3.05) is 0 Å². The van der Waals surface area contributed by atoms with Crippen LogP contribution in [0.25, 0.3) is 15.2 Å². The van der Waals surface area contributed by atoms with Gasteiger partial charge in [0.05, 0.1) is 5.39 Å². The number of aliphatic carboxylic acids is 1. The first-order chi connectivity index (χ1) is 11.3. The number of carboxylic acids is 1. The second-order valence-corrected chi connectivity index (χ2v) is 6.15. The van der Waals surface area contributed by atoms with Gasteiger partial charge in [0.1, 0.15) is 16.4 Å². The number of halogens is 1. The van der Waals surface area contributed by atoms with E-state index in [9.17, 15) is 18.8 Å². The maximum Gasteiger partial charge on any atom is 0.335 e. The van der Waals surface area contributed by atoms with Crippen molar-refractivity contribution >= 4 is 27.5 Å². The normalized spacial score (nSPS) is 12.6. The third-order valence-electron chi connectivity index (χ3n) is 3.58. The van der Waals surface area contributed by atoms with E-state index in [1.807, 2.05) is 0 Å². The van der Waals surface area contributed by atoms with E-state index in [2.05, 4.69) is 5.10 Å². The molecule has 1 N–H and O–H groups in total. The molecule has 0 spiro atoms. The van der Waals surface area contributed by atoms with Crippen LogP contribution in [0.15, 0.2) is 28.0 Å². The minimum absolute atomic E-state index is 0.121. The van der Waals surface area contributed by atoms with E-state index < -0.39 is 30.1 Å². The molecular formula is C14H13FN4O4S. The van der Waals surface area contributed by atoms with Gasteiger partial charge in [-0.15, -0.1) is 0 Å². The van der Waals surface area contributed by atoms with Crippen LogP contribution in [0.3, 0.4) is 0 Å². The molecule has 0 bridgehead atoms. The SMILES string of the molecule is Cc1c(-n2cccn2)sc2c1c(=O)n(CC(=O)O)c(=O)n2C(C)F. The summed E-state index contributed by atoms with van der Waals surface area (Å²) < 4.78 is 16.9. The molecule has 24 heavy (non-hydrogen) atoms. The van der Waals surface area contributed by atoms with Gasteiger partial charge in [-0.25, -0.2) is 18.4 Å². The van der Waals surface area contributed by atoms with Crippen LogP contribution in [0.1, 0.15) is 18.8 Å². The quantitative estimate of drug-likeness (QED) is 0.763. The number of carbonyl (C=O) groups is 1. The molecule has 0 saturated carbocycles. The summed E-state index contributed by atoms with van der Waals surface area (Å²) in [5, 5.41) is 13.7. The van der Waals surface area contributed by atoms with Crippen LogP contribution in [-0.2, 0) is 11.3 Å². The van der Waals surface area contributed by atoms with Crippen LogP contribution in [-0.4, -0.2) is 30.0 Å². The zero-order chi connectivity index (χ0) is 17.6. The topological polar surface area (TPSA) is 99.1 Å². The Bertz CT molecular complexity index is 1050. The van der Waals surface area contributed by atoms with Crippen molar-refractivity contribution in [1.82, 2.24) is 18.9 Å². The average molecular weight is 352 g/mol. The van der Waals surface area contributed by atoms with Crippen LogP contribution in [0.5, 0.6) is 0 Å². The van der Waals surface area contributed by atoms with Crippen molar-refractivity contribution in [2.45, 2.75) is 26.7 Å².